The normalized spacial score (nSPS) is 12.8. The van der Waals surface area contributed by atoms with Crippen molar-refractivity contribution in [1.29, 1.82) is 0 Å². The molecule has 0 radical (unpaired) electrons. The molecule has 2 amide bonds. The largest absolute Gasteiger partial charge is 0.274 e. The molecule has 0 aliphatic carbocycles. The molecule has 0 fully saturated rings. The Morgan fingerprint density at radius 1 is 0.724 bits per heavy atom. The minimum absolute atomic E-state index is 0.220. The second-order valence-electron chi connectivity index (χ2n) is 6.73. The number of benzene rings is 3. The number of carbonyl (C=O) groups excluding carboxylic acids is 2. The van der Waals surface area contributed by atoms with Crippen molar-refractivity contribution in [2.24, 2.45) is 0 Å². The number of nitrogens with zero attached hydrogens (tertiary/aromatic N) is 1. The fourth-order valence-corrected chi connectivity index (χ4v) is 3.44. The Kier molecular flexibility index (Phi) is 5.04. The number of carbonyl (C=O) groups is 2. The quantitative estimate of drug-likeness (QED) is 0.571. The Labute approximate surface area is 166 Å². The molecule has 5 heteroatoms. The van der Waals surface area contributed by atoms with E-state index >= 15 is 0 Å². The first-order valence-corrected chi connectivity index (χ1v) is 9.22. The number of fused-ring (bicyclic) bond motifs is 1. The van der Waals surface area contributed by atoms with Gasteiger partial charge in [0.2, 0.25) is 0 Å². The SMILES string of the molecule is O=C1c2ccccc2C(=O)N1CCC=C(c1ccc(F)cc1)c1ccc(F)cc1. The average Bonchev–Trinajstić information content (AvgIpc) is 2.98. The number of halogens is 2. The lowest BCUT2D eigenvalue weighted by Crippen LogP contribution is -2.30. The van der Waals surface area contributed by atoms with Crippen LogP contribution in [0.2, 0.25) is 0 Å². The molecular formula is C24H17F2NO2. The molecule has 0 bridgehead atoms. The van der Waals surface area contributed by atoms with E-state index < -0.39 is 0 Å². The zero-order valence-corrected chi connectivity index (χ0v) is 15.4. The van der Waals surface area contributed by atoms with Crippen molar-refractivity contribution in [3.05, 3.63) is 113 Å². The van der Waals surface area contributed by atoms with Crippen LogP contribution in [0.15, 0.2) is 78.9 Å². The predicted octanol–water partition coefficient (Wildman–Crippen LogP) is 5.08. The summed E-state index contributed by atoms with van der Waals surface area (Å²) in [6, 6.07) is 18.8. The highest BCUT2D eigenvalue weighted by Gasteiger charge is 2.34. The van der Waals surface area contributed by atoms with E-state index in [2.05, 4.69) is 0 Å². The number of imide groups is 1. The first kappa shape index (κ1) is 18.7. The van der Waals surface area contributed by atoms with E-state index in [-0.39, 0.29) is 30.0 Å². The van der Waals surface area contributed by atoms with Crippen molar-refractivity contribution < 1.29 is 18.4 Å². The molecule has 29 heavy (non-hydrogen) atoms. The van der Waals surface area contributed by atoms with Crippen molar-refractivity contribution in [3.8, 4) is 0 Å². The van der Waals surface area contributed by atoms with Crippen LogP contribution in [0.25, 0.3) is 5.57 Å². The summed E-state index contributed by atoms with van der Waals surface area (Å²) in [5.41, 5.74) is 3.14. The van der Waals surface area contributed by atoms with Gasteiger partial charge in [0.25, 0.3) is 11.8 Å². The summed E-state index contributed by atoms with van der Waals surface area (Å²) in [5.74, 6) is -1.30. The minimum Gasteiger partial charge on any atom is -0.274 e. The number of amides is 2. The average molecular weight is 389 g/mol. The van der Waals surface area contributed by atoms with Gasteiger partial charge in [-0.05, 0) is 59.5 Å². The van der Waals surface area contributed by atoms with Gasteiger partial charge in [-0.1, -0.05) is 42.5 Å². The maximum atomic E-state index is 13.3. The Morgan fingerprint density at radius 2 is 1.17 bits per heavy atom. The van der Waals surface area contributed by atoms with E-state index in [0.717, 1.165) is 16.7 Å². The van der Waals surface area contributed by atoms with Crippen molar-refractivity contribution in [3.63, 3.8) is 0 Å². The number of hydrogen-bond acceptors (Lipinski definition) is 2. The maximum Gasteiger partial charge on any atom is 0.261 e. The zero-order valence-electron chi connectivity index (χ0n) is 15.4. The number of rotatable bonds is 5. The topological polar surface area (TPSA) is 37.4 Å². The molecule has 144 valence electrons. The second-order valence-corrected chi connectivity index (χ2v) is 6.73. The van der Waals surface area contributed by atoms with Crippen LogP contribution in [0.3, 0.4) is 0 Å². The fourth-order valence-electron chi connectivity index (χ4n) is 3.44. The molecule has 0 aromatic heterocycles. The van der Waals surface area contributed by atoms with Gasteiger partial charge >= 0.3 is 0 Å². The van der Waals surface area contributed by atoms with Crippen LogP contribution in [0.4, 0.5) is 8.78 Å². The van der Waals surface area contributed by atoms with Gasteiger partial charge in [0.15, 0.2) is 0 Å². The molecule has 1 aliphatic rings. The molecule has 0 saturated carbocycles. The molecule has 0 saturated heterocycles. The van der Waals surface area contributed by atoms with Crippen LogP contribution < -0.4 is 0 Å². The van der Waals surface area contributed by atoms with Crippen LogP contribution in [0.5, 0.6) is 0 Å². The van der Waals surface area contributed by atoms with E-state index in [4.69, 9.17) is 0 Å². The van der Waals surface area contributed by atoms with Crippen molar-refractivity contribution in [1.82, 2.24) is 4.90 Å². The Bertz CT molecular complexity index is 1020. The molecule has 1 aliphatic heterocycles. The molecule has 3 aromatic rings. The summed E-state index contributed by atoms with van der Waals surface area (Å²) in [5, 5.41) is 0. The van der Waals surface area contributed by atoms with Gasteiger partial charge in [0.05, 0.1) is 11.1 Å². The van der Waals surface area contributed by atoms with Crippen molar-refractivity contribution in [2.75, 3.05) is 6.54 Å². The lowest BCUT2D eigenvalue weighted by Gasteiger charge is -2.14. The molecule has 4 rings (SSSR count). The highest BCUT2D eigenvalue weighted by Crippen LogP contribution is 2.26. The van der Waals surface area contributed by atoms with E-state index in [0.29, 0.717) is 17.5 Å². The Hall–Kier alpha value is -3.60. The lowest BCUT2D eigenvalue weighted by atomic mass is 9.97. The van der Waals surface area contributed by atoms with Gasteiger partial charge in [-0.25, -0.2) is 8.78 Å². The third-order valence-corrected chi connectivity index (χ3v) is 4.89. The van der Waals surface area contributed by atoms with E-state index in [1.807, 2.05) is 6.08 Å². The van der Waals surface area contributed by atoms with Crippen LogP contribution in [-0.2, 0) is 0 Å². The second kappa shape index (κ2) is 7.80. The first-order chi connectivity index (χ1) is 14.0. The van der Waals surface area contributed by atoms with Crippen LogP contribution in [0.1, 0.15) is 38.3 Å². The van der Waals surface area contributed by atoms with Crippen molar-refractivity contribution >= 4 is 17.4 Å². The molecular weight excluding hydrogens is 372 g/mol. The summed E-state index contributed by atoms with van der Waals surface area (Å²) >= 11 is 0. The molecule has 0 unspecified atom stereocenters. The van der Waals surface area contributed by atoms with Crippen molar-refractivity contribution in [2.45, 2.75) is 6.42 Å². The molecule has 0 atom stereocenters. The maximum absolute atomic E-state index is 13.3. The highest BCUT2D eigenvalue weighted by atomic mass is 19.1. The molecule has 0 spiro atoms. The van der Waals surface area contributed by atoms with E-state index in [9.17, 15) is 18.4 Å². The highest BCUT2D eigenvalue weighted by molar-refractivity contribution is 6.21. The minimum atomic E-state index is -0.349. The summed E-state index contributed by atoms with van der Waals surface area (Å²) in [4.78, 5) is 26.2. The Morgan fingerprint density at radius 3 is 1.62 bits per heavy atom. The van der Waals surface area contributed by atoms with Crippen LogP contribution in [0, 0.1) is 11.6 Å². The smallest absolute Gasteiger partial charge is 0.261 e. The van der Waals surface area contributed by atoms with Crippen LogP contribution >= 0.6 is 0 Å². The molecule has 0 N–H and O–H groups in total. The van der Waals surface area contributed by atoms with Crippen LogP contribution in [-0.4, -0.2) is 23.3 Å². The van der Waals surface area contributed by atoms with E-state index in [1.54, 1.807) is 48.5 Å². The van der Waals surface area contributed by atoms with Gasteiger partial charge < -0.3 is 0 Å². The zero-order chi connectivity index (χ0) is 20.4. The molecule has 1 heterocycles. The lowest BCUT2D eigenvalue weighted by molar-refractivity contribution is 0.0657. The van der Waals surface area contributed by atoms with Gasteiger partial charge in [-0.2, -0.15) is 0 Å². The first-order valence-electron chi connectivity index (χ1n) is 9.22. The summed E-state index contributed by atoms with van der Waals surface area (Å²) < 4.78 is 26.7. The third kappa shape index (κ3) is 3.72. The summed E-state index contributed by atoms with van der Waals surface area (Å²) in [6.07, 6.45) is 2.29. The molecule has 3 nitrogen and oxygen atoms in total. The van der Waals surface area contributed by atoms with Gasteiger partial charge in [0, 0.05) is 6.54 Å². The third-order valence-electron chi connectivity index (χ3n) is 4.89. The fraction of sp³-hybridized carbons (Fsp3) is 0.0833. The van der Waals surface area contributed by atoms with E-state index in [1.165, 1.54) is 29.2 Å². The monoisotopic (exact) mass is 389 g/mol. The summed E-state index contributed by atoms with van der Waals surface area (Å²) in [7, 11) is 0. The molecule has 3 aromatic carbocycles. The summed E-state index contributed by atoms with van der Waals surface area (Å²) in [6.45, 7) is 0.220. The van der Waals surface area contributed by atoms with Gasteiger partial charge in [-0.3, -0.25) is 14.5 Å². The number of hydrogen-bond donors (Lipinski definition) is 0. The van der Waals surface area contributed by atoms with Gasteiger partial charge in [0.1, 0.15) is 11.6 Å². The standard InChI is InChI=1S/C24H17F2NO2/c25-18-11-7-16(8-12-18)20(17-9-13-19(26)14-10-17)6-3-15-27-23(28)21-4-1-2-5-22(21)24(27)29/h1-2,4-14H,3,15H2. The Balaban J connectivity index is 1.59. The predicted molar refractivity (Wildman–Crippen MR) is 106 cm³/mol. The van der Waals surface area contributed by atoms with Gasteiger partial charge in [-0.15, -0.1) is 0 Å².